The fraction of sp³-hybridized carbons (Fsp3) is 0.190. The molecule has 0 unspecified atom stereocenters. The van der Waals surface area contributed by atoms with Crippen molar-refractivity contribution in [1.29, 1.82) is 0 Å². The number of amides is 1. The first kappa shape index (κ1) is 16.3. The standard InChI is InChI=1S/C21H19N3O2/c1-14-7-9-15(10-8-14)19-13-17(22-23(19)2)21(26)24-12-11-20(25)16-5-3-4-6-18(16)24/h3-10,13H,11-12H2,1-2H3. The summed E-state index contributed by atoms with van der Waals surface area (Å²) in [6, 6.07) is 17.2. The summed E-state index contributed by atoms with van der Waals surface area (Å²) in [5.41, 5.74) is 4.72. The van der Waals surface area contributed by atoms with Gasteiger partial charge in [0.1, 0.15) is 0 Å². The van der Waals surface area contributed by atoms with Crippen molar-refractivity contribution < 1.29 is 9.59 Å². The third-order valence-electron chi connectivity index (χ3n) is 4.75. The predicted molar refractivity (Wildman–Crippen MR) is 100 cm³/mol. The van der Waals surface area contributed by atoms with E-state index < -0.39 is 0 Å². The van der Waals surface area contributed by atoms with Gasteiger partial charge in [-0.05, 0) is 30.7 Å². The summed E-state index contributed by atoms with van der Waals surface area (Å²) >= 11 is 0. The number of aryl methyl sites for hydroxylation is 2. The molecule has 130 valence electrons. The van der Waals surface area contributed by atoms with E-state index in [1.165, 1.54) is 5.56 Å². The predicted octanol–water partition coefficient (Wildman–Crippen LogP) is 3.63. The Balaban J connectivity index is 1.70. The molecular formula is C21H19N3O2. The number of aromatic nitrogens is 2. The molecule has 1 amide bonds. The summed E-state index contributed by atoms with van der Waals surface area (Å²) < 4.78 is 1.72. The molecule has 0 atom stereocenters. The third-order valence-corrected chi connectivity index (χ3v) is 4.75. The van der Waals surface area contributed by atoms with Gasteiger partial charge in [-0.15, -0.1) is 0 Å². The zero-order valence-electron chi connectivity index (χ0n) is 14.8. The number of nitrogens with zero attached hydrogens (tertiary/aromatic N) is 3. The second-order valence-corrected chi connectivity index (χ2v) is 6.55. The SMILES string of the molecule is Cc1ccc(-c2cc(C(=O)N3CCC(=O)c4ccccc43)nn2C)cc1. The topological polar surface area (TPSA) is 55.2 Å². The van der Waals surface area contributed by atoms with Crippen molar-refractivity contribution in [1.82, 2.24) is 9.78 Å². The van der Waals surface area contributed by atoms with Crippen molar-refractivity contribution in [3.05, 3.63) is 71.4 Å². The number of hydrogen-bond acceptors (Lipinski definition) is 3. The minimum absolute atomic E-state index is 0.0750. The first-order chi connectivity index (χ1) is 12.5. The lowest BCUT2D eigenvalue weighted by atomic mass is 10.00. The fourth-order valence-corrected chi connectivity index (χ4v) is 3.33. The van der Waals surface area contributed by atoms with E-state index in [4.69, 9.17) is 0 Å². The van der Waals surface area contributed by atoms with Crippen molar-refractivity contribution in [2.75, 3.05) is 11.4 Å². The summed E-state index contributed by atoms with van der Waals surface area (Å²) in [5.74, 6) is -0.107. The molecule has 5 heteroatoms. The van der Waals surface area contributed by atoms with Gasteiger partial charge in [-0.3, -0.25) is 14.3 Å². The number of ketones is 1. The zero-order valence-corrected chi connectivity index (χ0v) is 14.8. The van der Waals surface area contributed by atoms with E-state index in [0.717, 1.165) is 11.3 Å². The van der Waals surface area contributed by atoms with Crippen LogP contribution in [0.4, 0.5) is 5.69 Å². The Labute approximate surface area is 151 Å². The van der Waals surface area contributed by atoms with Crippen LogP contribution in [0.25, 0.3) is 11.3 Å². The van der Waals surface area contributed by atoms with E-state index in [-0.39, 0.29) is 11.7 Å². The quantitative estimate of drug-likeness (QED) is 0.713. The molecule has 0 saturated carbocycles. The van der Waals surface area contributed by atoms with Gasteiger partial charge >= 0.3 is 0 Å². The summed E-state index contributed by atoms with van der Waals surface area (Å²) in [7, 11) is 1.83. The van der Waals surface area contributed by atoms with Crippen molar-refractivity contribution >= 4 is 17.4 Å². The highest BCUT2D eigenvalue weighted by Gasteiger charge is 2.29. The number of benzene rings is 2. The summed E-state index contributed by atoms with van der Waals surface area (Å²) in [6.45, 7) is 2.42. The number of carbonyl (C=O) groups is 2. The maximum atomic E-state index is 13.1. The second kappa shape index (κ2) is 6.26. The Bertz CT molecular complexity index is 1000. The molecule has 1 aliphatic rings. The molecule has 5 nitrogen and oxygen atoms in total. The van der Waals surface area contributed by atoms with Crippen LogP contribution in [0.1, 0.15) is 32.8 Å². The van der Waals surface area contributed by atoms with E-state index in [2.05, 4.69) is 5.10 Å². The van der Waals surface area contributed by atoms with Gasteiger partial charge in [0, 0.05) is 25.6 Å². The fourth-order valence-electron chi connectivity index (χ4n) is 3.33. The van der Waals surface area contributed by atoms with Crippen LogP contribution in [0.15, 0.2) is 54.6 Å². The Morgan fingerprint density at radius 2 is 1.81 bits per heavy atom. The normalized spacial score (nSPS) is 13.6. The molecule has 0 N–H and O–H groups in total. The highest BCUT2D eigenvalue weighted by molar-refractivity contribution is 6.12. The van der Waals surface area contributed by atoms with Gasteiger partial charge in [0.15, 0.2) is 11.5 Å². The highest BCUT2D eigenvalue weighted by Crippen LogP contribution is 2.29. The molecule has 0 aliphatic carbocycles. The van der Waals surface area contributed by atoms with Gasteiger partial charge in [-0.2, -0.15) is 5.10 Å². The number of fused-ring (bicyclic) bond motifs is 1. The van der Waals surface area contributed by atoms with Gasteiger partial charge in [-0.1, -0.05) is 42.0 Å². The Hall–Kier alpha value is -3.21. The highest BCUT2D eigenvalue weighted by atomic mass is 16.2. The minimum Gasteiger partial charge on any atom is -0.306 e. The molecular weight excluding hydrogens is 326 g/mol. The van der Waals surface area contributed by atoms with Gasteiger partial charge < -0.3 is 4.90 Å². The van der Waals surface area contributed by atoms with E-state index in [0.29, 0.717) is 29.9 Å². The minimum atomic E-state index is -0.182. The van der Waals surface area contributed by atoms with Crippen LogP contribution < -0.4 is 4.90 Å². The van der Waals surface area contributed by atoms with Crippen molar-refractivity contribution in [2.45, 2.75) is 13.3 Å². The molecule has 2 aromatic carbocycles. The molecule has 2 heterocycles. The molecule has 3 aromatic rings. The number of hydrogen-bond donors (Lipinski definition) is 0. The Morgan fingerprint density at radius 1 is 1.08 bits per heavy atom. The molecule has 0 fully saturated rings. The maximum absolute atomic E-state index is 13.1. The Kier molecular flexibility index (Phi) is 3.92. The first-order valence-corrected chi connectivity index (χ1v) is 8.60. The lowest BCUT2D eigenvalue weighted by Crippen LogP contribution is -2.37. The monoisotopic (exact) mass is 345 g/mol. The van der Waals surface area contributed by atoms with Gasteiger partial charge in [0.05, 0.1) is 11.4 Å². The van der Waals surface area contributed by atoms with Crippen LogP contribution >= 0.6 is 0 Å². The number of para-hydroxylation sites is 1. The molecule has 1 aliphatic heterocycles. The Morgan fingerprint density at radius 3 is 2.58 bits per heavy atom. The average molecular weight is 345 g/mol. The third kappa shape index (κ3) is 2.71. The number of anilines is 1. The van der Waals surface area contributed by atoms with Crippen LogP contribution in [0.3, 0.4) is 0 Å². The number of rotatable bonds is 2. The van der Waals surface area contributed by atoms with Crippen LogP contribution in [-0.2, 0) is 7.05 Å². The molecule has 0 spiro atoms. The maximum Gasteiger partial charge on any atom is 0.278 e. The van der Waals surface area contributed by atoms with Gasteiger partial charge in [0.2, 0.25) is 0 Å². The zero-order chi connectivity index (χ0) is 18.3. The number of carbonyl (C=O) groups excluding carboxylic acids is 2. The van der Waals surface area contributed by atoms with Crippen LogP contribution in [-0.4, -0.2) is 28.0 Å². The molecule has 4 rings (SSSR count). The summed E-state index contributed by atoms with van der Waals surface area (Å²) in [6.07, 6.45) is 0.334. The lowest BCUT2D eigenvalue weighted by molar-refractivity contribution is 0.0952. The van der Waals surface area contributed by atoms with Crippen molar-refractivity contribution in [3.63, 3.8) is 0 Å². The molecule has 26 heavy (non-hydrogen) atoms. The van der Waals surface area contributed by atoms with Crippen LogP contribution in [0.5, 0.6) is 0 Å². The van der Waals surface area contributed by atoms with E-state index in [9.17, 15) is 9.59 Å². The molecule has 1 aromatic heterocycles. The van der Waals surface area contributed by atoms with Crippen LogP contribution in [0.2, 0.25) is 0 Å². The first-order valence-electron chi connectivity index (χ1n) is 8.60. The van der Waals surface area contributed by atoms with Crippen molar-refractivity contribution in [3.8, 4) is 11.3 Å². The van der Waals surface area contributed by atoms with E-state index in [1.807, 2.05) is 62.5 Å². The smallest absolute Gasteiger partial charge is 0.278 e. The summed E-state index contributed by atoms with van der Waals surface area (Å²) in [5, 5.41) is 4.42. The lowest BCUT2D eigenvalue weighted by Gasteiger charge is -2.27. The number of Topliss-reactive ketones (excluding diaryl/α,β-unsaturated/α-hetero) is 1. The molecule has 0 bridgehead atoms. The van der Waals surface area contributed by atoms with E-state index in [1.54, 1.807) is 15.6 Å². The van der Waals surface area contributed by atoms with Gasteiger partial charge in [-0.25, -0.2) is 0 Å². The van der Waals surface area contributed by atoms with Gasteiger partial charge in [0.25, 0.3) is 5.91 Å². The molecule has 0 radical (unpaired) electrons. The second-order valence-electron chi connectivity index (χ2n) is 6.55. The van der Waals surface area contributed by atoms with Crippen molar-refractivity contribution in [2.24, 2.45) is 7.05 Å². The van der Waals surface area contributed by atoms with E-state index >= 15 is 0 Å². The molecule has 0 saturated heterocycles. The average Bonchev–Trinajstić information content (AvgIpc) is 3.04. The summed E-state index contributed by atoms with van der Waals surface area (Å²) in [4.78, 5) is 26.8. The largest absolute Gasteiger partial charge is 0.306 e. The van der Waals surface area contributed by atoms with Crippen LogP contribution in [0, 0.1) is 6.92 Å².